The van der Waals surface area contributed by atoms with E-state index in [2.05, 4.69) is 25.5 Å². The largest absolute Gasteiger partial charge is 0.495 e. The molecule has 0 aliphatic carbocycles. The number of aromatic nitrogens is 2. The number of halogens is 5. The van der Waals surface area contributed by atoms with Gasteiger partial charge in [-0.2, -0.15) is 23.2 Å². The van der Waals surface area contributed by atoms with Crippen molar-refractivity contribution in [1.29, 1.82) is 0 Å². The van der Waals surface area contributed by atoms with Crippen LogP contribution in [0, 0.1) is 5.82 Å². The predicted molar refractivity (Wildman–Crippen MR) is 154 cm³/mol. The van der Waals surface area contributed by atoms with Crippen LogP contribution < -0.4 is 20.1 Å². The van der Waals surface area contributed by atoms with Gasteiger partial charge in [0.05, 0.1) is 37.6 Å². The summed E-state index contributed by atoms with van der Waals surface area (Å²) in [5, 5.41) is 6.97. The maximum Gasteiger partial charge on any atom is 0.423 e. The van der Waals surface area contributed by atoms with Gasteiger partial charge in [-0.25, -0.2) is 13.8 Å². The minimum atomic E-state index is -4.86. The van der Waals surface area contributed by atoms with Crippen molar-refractivity contribution >= 4 is 17.5 Å². The molecule has 2 aliphatic rings. The molecule has 1 atom stereocenters. The summed E-state index contributed by atoms with van der Waals surface area (Å²) < 4.78 is 81.1. The van der Waals surface area contributed by atoms with Gasteiger partial charge >= 0.3 is 6.18 Å². The number of methoxy groups -OCH3 is 1. The summed E-state index contributed by atoms with van der Waals surface area (Å²) in [6.45, 7) is 2.72. The molecule has 1 fully saturated rings. The molecule has 0 saturated carbocycles. The highest BCUT2D eigenvalue weighted by atomic mass is 19.4. The van der Waals surface area contributed by atoms with E-state index in [4.69, 9.17) is 14.3 Å². The summed E-state index contributed by atoms with van der Waals surface area (Å²) in [5.74, 6) is -2.52. The first-order valence-electron chi connectivity index (χ1n) is 14.3. The van der Waals surface area contributed by atoms with Gasteiger partial charge in [-0.15, -0.1) is 0 Å². The lowest BCUT2D eigenvalue weighted by Gasteiger charge is -2.34. The molecule has 45 heavy (non-hydrogen) atoms. The van der Waals surface area contributed by atoms with E-state index in [-0.39, 0.29) is 53.9 Å². The Labute approximate surface area is 256 Å². The first-order valence-corrected chi connectivity index (χ1v) is 14.3. The van der Waals surface area contributed by atoms with E-state index in [0.717, 1.165) is 32.0 Å². The van der Waals surface area contributed by atoms with Gasteiger partial charge in [0.1, 0.15) is 29.6 Å². The molecular formula is C30H33F5N6O4. The highest BCUT2D eigenvalue weighted by Crippen LogP contribution is 2.41. The fourth-order valence-electron chi connectivity index (χ4n) is 5.31. The maximum atomic E-state index is 15.2. The molecular weight excluding hydrogens is 603 g/mol. The van der Waals surface area contributed by atoms with Crippen molar-refractivity contribution in [2.24, 2.45) is 0 Å². The molecule has 15 heteroatoms. The summed E-state index contributed by atoms with van der Waals surface area (Å²) in [7, 11) is 3.29. The zero-order chi connectivity index (χ0) is 32.3. The summed E-state index contributed by atoms with van der Waals surface area (Å²) in [6, 6.07) is 6.55. The molecule has 5 rings (SSSR count). The summed E-state index contributed by atoms with van der Waals surface area (Å²) in [4.78, 5) is 28.3. The Bertz CT molecular complexity index is 1530. The minimum Gasteiger partial charge on any atom is -0.495 e. The zero-order valence-corrected chi connectivity index (χ0v) is 24.9. The topological polar surface area (TPSA) is 101 Å². The number of fused-ring (bicyclic) bond motifs is 1. The molecule has 2 N–H and O–H groups in total. The molecule has 2 aromatic carbocycles. The number of anilines is 2. The van der Waals surface area contributed by atoms with Gasteiger partial charge in [0.15, 0.2) is 0 Å². The van der Waals surface area contributed by atoms with Crippen LogP contribution in [0.3, 0.4) is 0 Å². The van der Waals surface area contributed by atoms with E-state index >= 15 is 4.39 Å². The Kier molecular flexibility index (Phi) is 9.70. The lowest BCUT2D eigenvalue weighted by molar-refractivity contribution is -0.207. The molecule has 242 valence electrons. The third-order valence-corrected chi connectivity index (χ3v) is 7.83. The fourth-order valence-corrected chi connectivity index (χ4v) is 5.31. The number of hydroxylamine groups is 2. The van der Waals surface area contributed by atoms with Crippen molar-refractivity contribution in [3.8, 4) is 17.4 Å². The van der Waals surface area contributed by atoms with Crippen molar-refractivity contribution in [2.45, 2.75) is 44.6 Å². The van der Waals surface area contributed by atoms with Gasteiger partial charge < -0.3 is 25.0 Å². The minimum absolute atomic E-state index is 0.0242. The second kappa shape index (κ2) is 13.5. The lowest BCUT2D eigenvalue weighted by atomic mass is 9.99. The second-order valence-electron chi connectivity index (χ2n) is 10.8. The van der Waals surface area contributed by atoms with Crippen molar-refractivity contribution in [3.63, 3.8) is 0 Å². The van der Waals surface area contributed by atoms with Crippen molar-refractivity contribution < 1.29 is 41.1 Å². The van der Waals surface area contributed by atoms with Crippen LogP contribution in [0.5, 0.6) is 17.4 Å². The number of carbonyl (C=O) groups excluding carboxylic acids is 1. The molecule has 3 heterocycles. The van der Waals surface area contributed by atoms with Crippen LogP contribution in [0.25, 0.3) is 0 Å². The monoisotopic (exact) mass is 636 g/mol. The highest BCUT2D eigenvalue weighted by Gasteiger charge is 2.37. The number of alkyl halides is 4. The van der Waals surface area contributed by atoms with Crippen LogP contribution in [-0.2, 0) is 17.6 Å². The molecule has 0 bridgehead atoms. The molecule has 3 aromatic rings. The Balaban J connectivity index is 1.41. The fraction of sp³-hybridized carbons (Fsp3) is 0.433. The molecule has 1 amide bonds. The first kappa shape index (κ1) is 32.3. The number of rotatable bonds is 9. The average molecular weight is 637 g/mol. The van der Waals surface area contributed by atoms with E-state index in [1.165, 1.54) is 24.3 Å². The van der Waals surface area contributed by atoms with E-state index in [1.54, 1.807) is 19.1 Å². The highest BCUT2D eigenvalue weighted by molar-refractivity contribution is 5.96. The number of benzene rings is 2. The van der Waals surface area contributed by atoms with E-state index < -0.39 is 36.0 Å². The molecule has 2 aliphatic heterocycles. The Morgan fingerprint density at radius 3 is 2.62 bits per heavy atom. The quantitative estimate of drug-likeness (QED) is 0.283. The third kappa shape index (κ3) is 7.26. The number of nitrogens with zero attached hydrogens (tertiary/aromatic N) is 4. The van der Waals surface area contributed by atoms with Crippen molar-refractivity contribution in [3.05, 3.63) is 64.6 Å². The normalized spacial score (nSPS) is 17.9. The molecule has 0 unspecified atom stereocenters. The number of nitrogens with one attached hydrogen (secondary N) is 2. The van der Waals surface area contributed by atoms with Crippen LogP contribution in [-0.4, -0.2) is 72.3 Å². The first-order chi connectivity index (χ1) is 21.5. The zero-order valence-electron chi connectivity index (χ0n) is 24.9. The molecule has 0 radical (unpaired) electrons. The predicted octanol–water partition coefficient (Wildman–Crippen LogP) is 5.78. The van der Waals surface area contributed by atoms with Crippen LogP contribution >= 0.6 is 0 Å². The standard InChI is InChI=1S/C30H33F5N6O4/c1-17-19-5-4-6-25(21(19)16-44-41(17)12-9-31)45-28-22(30(33,34)35)15-36-29(39-28)38-24-14-23(32)20(13-26(24)43-3)27(42)37-18-7-10-40(2)11-8-18/h4-6,13-15,17-18H,7-12,16H2,1-3H3,(H,37,42)(H,36,38,39)/t17-/m0/s1. The maximum absolute atomic E-state index is 15.2. The molecule has 0 spiro atoms. The van der Waals surface area contributed by atoms with Gasteiger partial charge in [0.2, 0.25) is 11.8 Å². The smallest absolute Gasteiger partial charge is 0.423 e. The summed E-state index contributed by atoms with van der Waals surface area (Å²) in [6.07, 6.45) is -2.86. The van der Waals surface area contributed by atoms with Crippen molar-refractivity contribution in [2.75, 3.05) is 45.8 Å². The van der Waals surface area contributed by atoms with Gasteiger partial charge in [-0.05, 0) is 57.6 Å². The van der Waals surface area contributed by atoms with Gasteiger partial charge in [-0.1, -0.05) is 12.1 Å². The average Bonchev–Trinajstić information content (AvgIpc) is 3.00. The number of hydrogen-bond acceptors (Lipinski definition) is 9. The summed E-state index contributed by atoms with van der Waals surface area (Å²) >= 11 is 0. The van der Waals surface area contributed by atoms with Crippen molar-refractivity contribution in [1.82, 2.24) is 25.2 Å². The number of carbonyl (C=O) groups is 1. The van der Waals surface area contributed by atoms with E-state index in [9.17, 15) is 22.4 Å². The Hall–Kier alpha value is -4.08. The SMILES string of the molecule is COc1cc(C(=O)NC2CCN(C)CC2)c(F)cc1Nc1ncc(C(F)(F)F)c(Oc2cccc3c2CON(CCF)[C@H]3C)n1. The summed E-state index contributed by atoms with van der Waals surface area (Å²) in [5.41, 5.74) is -0.325. The van der Waals surface area contributed by atoms with Gasteiger partial charge in [0, 0.05) is 23.9 Å². The number of hydrogen-bond donors (Lipinski definition) is 2. The lowest BCUT2D eigenvalue weighted by Crippen LogP contribution is -2.43. The van der Waals surface area contributed by atoms with Crippen LogP contribution in [0.4, 0.5) is 33.6 Å². The number of amides is 1. The Morgan fingerprint density at radius 2 is 1.93 bits per heavy atom. The van der Waals surface area contributed by atoms with Crippen LogP contribution in [0.15, 0.2) is 36.5 Å². The van der Waals surface area contributed by atoms with Gasteiger partial charge in [0.25, 0.3) is 5.91 Å². The third-order valence-electron chi connectivity index (χ3n) is 7.83. The van der Waals surface area contributed by atoms with Crippen LogP contribution in [0.2, 0.25) is 0 Å². The molecule has 1 saturated heterocycles. The van der Waals surface area contributed by atoms with Crippen LogP contribution in [0.1, 0.15) is 52.9 Å². The molecule has 1 aromatic heterocycles. The Morgan fingerprint density at radius 1 is 1.18 bits per heavy atom. The molecule has 10 nitrogen and oxygen atoms in total. The number of likely N-dealkylation sites (tertiary alicyclic amines) is 1. The number of piperidine rings is 1. The van der Waals surface area contributed by atoms with E-state index in [0.29, 0.717) is 17.3 Å². The second-order valence-corrected chi connectivity index (χ2v) is 10.8. The number of ether oxygens (including phenoxy) is 2. The van der Waals surface area contributed by atoms with Gasteiger partial charge in [-0.3, -0.25) is 9.63 Å². The van der Waals surface area contributed by atoms with E-state index in [1.807, 2.05) is 7.05 Å².